The summed E-state index contributed by atoms with van der Waals surface area (Å²) in [6.45, 7) is 4.90. The molecular formula is C12H15N3O. The lowest BCUT2D eigenvalue weighted by Gasteiger charge is -2.38. The Labute approximate surface area is 94.0 Å². The Morgan fingerprint density at radius 2 is 2.38 bits per heavy atom. The van der Waals surface area contributed by atoms with Gasteiger partial charge >= 0.3 is 0 Å². The van der Waals surface area contributed by atoms with Crippen molar-refractivity contribution in [2.45, 2.75) is 6.92 Å². The van der Waals surface area contributed by atoms with Gasteiger partial charge in [-0.05, 0) is 18.2 Å². The second kappa shape index (κ2) is 3.49. The Morgan fingerprint density at radius 1 is 1.50 bits per heavy atom. The molecule has 4 nitrogen and oxygen atoms in total. The van der Waals surface area contributed by atoms with E-state index in [1.807, 2.05) is 12.3 Å². The van der Waals surface area contributed by atoms with Crippen LogP contribution in [0.2, 0.25) is 0 Å². The molecule has 0 amide bonds. The van der Waals surface area contributed by atoms with Gasteiger partial charge in [-0.25, -0.2) is 0 Å². The average molecular weight is 217 g/mol. The van der Waals surface area contributed by atoms with Crippen LogP contribution in [0.3, 0.4) is 0 Å². The highest BCUT2D eigenvalue weighted by molar-refractivity contribution is 5.81. The van der Waals surface area contributed by atoms with E-state index in [2.05, 4.69) is 34.6 Å². The van der Waals surface area contributed by atoms with Crippen molar-refractivity contribution in [3.8, 4) is 0 Å². The fourth-order valence-electron chi connectivity index (χ4n) is 1.92. The van der Waals surface area contributed by atoms with Crippen LogP contribution in [0.25, 0.3) is 10.9 Å². The normalized spacial score (nSPS) is 18.3. The summed E-state index contributed by atoms with van der Waals surface area (Å²) >= 11 is 0. The fourth-order valence-corrected chi connectivity index (χ4v) is 1.92. The summed E-state index contributed by atoms with van der Waals surface area (Å²) in [4.78, 5) is 0. The molecule has 0 radical (unpaired) electrons. The highest BCUT2D eigenvalue weighted by Gasteiger charge is 2.32. The van der Waals surface area contributed by atoms with Crippen molar-refractivity contribution in [3.05, 3.63) is 24.4 Å². The van der Waals surface area contributed by atoms with Crippen molar-refractivity contribution >= 4 is 16.6 Å². The highest BCUT2D eigenvalue weighted by atomic mass is 16.5. The quantitative estimate of drug-likeness (QED) is 0.826. The van der Waals surface area contributed by atoms with Gasteiger partial charge in [0.15, 0.2) is 0 Å². The smallest absolute Gasteiger partial charge is 0.0651 e. The monoisotopic (exact) mass is 217 g/mol. The number of rotatable bonds is 3. The first-order valence-electron chi connectivity index (χ1n) is 5.50. The van der Waals surface area contributed by atoms with E-state index in [-0.39, 0.29) is 0 Å². The average Bonchev–Trinajstić information content (AvgIpc) is 2.70. The van der Waals surface area contributed by atoms with Gasteiger partial charge in [-0.1, -0.05) is 6.92 Å². The zero-order valence-corrected chi connectivity index (χ0v) is 9.29. The Balaban J connectivity index is 1.73. The van der Waals surface area contributed by atoms with Crippen molar-refractivity contribution in [1.82, 2.24) is 10.2 Å². The van der Waals surface area contributed by atoms with Gasteiger partial charge in [-0.2, -0.15) is 5.10 Å². The number of hydrogen-bond donors (Lipinski definition) is 2. The molecule has 16 heavy (non-hydrogen) atoms. The zero-order chi connectivity index (χ0) is 11.0. The third-order valence-corrected chi connectivity index (χ3v) is 3.06. The summed E-state index contributed by atoms with van der Waals surface area (Å²) < 4.78 is 5.23. The first kappa shape index (κ1) is 9.66. The molecule has 0 saturated carbocycles. The molecule has 1 aliphatic heterocycles. The molecule has 1 aliphatic rings. The zero-order valence-electron chi connectivity index (χ0n) is 9.29. The molecule has 4 heteroatoms. The van der Waals surface area contributed by atoms with Crippen molar-refractivity contribution in [2.75, 3.05) is 25.1 Å². The molecular weight excluding hydrogens is 202 g/mol. The fraction of sp³-hybridized carbons (Fsp3) is 0.417. The van der Waals surface area contributed by atoms with E-state index in [1.165, 1.54) is 0 Å². The van der Waals surface area contributed by atoms with Crippen molar-refractivity contribution in [2.24, 2.45) is 5.41 Å². The van der Waals surface area contributed by atoms with Crippen LogP contribution in [-0.2, 0) is 4.74 Å². The van der Waals surface area contributed by atoms with E-state index in [0.29, 0.717) is 5.41 Å². The van der Waals surface area contributed by atoms with Gasteiger partial charge in [0.1, 0.15) is 0 Å². The van der Waals surface area contributed by atoms with Gasteiger partial charge < -0.3 is 10.1 Å². The lowest BCUT2D eigenvalue weighted by atomic mass is 9.88. The van der Waals surface area contributed by atoms with Gasteiger partial charge in [-0.3, -0.25) is 5.10 Å². The third-order valence-electron chi connectivity index (χ3n) is 3.06. The highest BCUT2D eigenvalue weighted by Crippen LogP contribution is 2.27. The van der Waals surface area contributed by atoms with E-state index in [0.717, 1.165) is 36.3 Å². The Bertz CT molecular complexity index is 502. The second-order valence-corrected chi connectivity index (χ2v) is 4.83. The first-order chi connectivity index (χ1) is 7.75. The number of H-pyrrole nitrogens is 1. The molecule has 0 aliphatic carbocycles. The number of benzene rings is 1. The standard InChI is InChI=1S/C12H15N3O/c1-12(7-16-8-12)6-13-10-2-3-11-9(4-10)5-14-15-11/h2-5,13H,6-8H2,1H3,(H,14,15). The number of aromatic nitrogens is 2. The van der Waals surface area contributed by atoms with Crippen LogP contribution in [0.15, 0.2) is 24.4 Å². The van der Waals surface area contributed by atoms with Crippen molar-refractivity contribution in [1.29, 1.82) is 0 Å². The van der Waals surface area contributed by atoms with Crippen LogP contribution < -0.4 is 5.32 Å². The third kappa shape index (κ3) is 1.65. The molecule has 2 N–H and O–H groups in total. The molecule has 1 aromatic carbocycles. The van der Waals surface area contributed by atoms with Crippen LogP contribution in [0.5, 0.6) is 0 Å². The number of anilines is 1. The number of aromatic amines is 1. The molecule has 1 fully saturated rings. The van der Waals surface area contributed by atoms with E-state index in [9.17, 15) is 0 Å². The minimum Gasteiger partial charge on any atom is -0.384 e. The van der Waals surface area contributed by atoms with Gasteiger partial charge in [-0.15, -0.1) is 0 Å². The number of nitrogens with zero attached hydrogens (tertiary/aromatic N) is 1. The van der Waals surface area contributed by atoms with Crippen LogP contribution in [-0.4, -0.2) is 30.0 Å². The minimum absolute atomic E-state index is 0.297. The number of hydrogen-bond acceptors (Lipinski definition) is 3. The Morgan fingerprint density at radius 3 is 3.12 bits per heavy atom. The van der Waals surface area contributed by atoms with Gasteiger partial charge in [0.05, 0.1) is 24.9 Å². The van der Waals surface area contributed by atoms with Crippen LogP contribution in [0.1, 0.15) is 6.92 Å². The van der Waals surface area contributed by atoms with Crippen LogP contribution >= 0.6 is 0 Å². The largest absolute Gasteiger partial charge is 0.384 e. The molecule has 0 atom stereocenters. The summed E-state index contributed by atoms with van der Waals surface area (Å²) in [5.74, 6) is 0. The molecule has 1 aromatic heterocycles. The maximum absolute atomic E-state index is 5.23. The summed E-state index contributed by atoms with van der Waals surface area (Å²) in [5, 5.41) is 11.5. The molecule has 84 valence electrons. The summed E-state index contributed by atoms with van der Waals surface area (Å²) in [6, 6.07) is 6.23. The molecule has 2 heterocycles. The maximum Gasteiger partial charge on any atom is 0.0651 e. The lowest BCUT2D eigenvalue weighted by Crippen LogP contribution is -2.45. The van der Waals surface area contributed by atoms with E-state index in [4.69, 9.17) is 4.74 Å². The summed E-state index contributed by atoms with van der Waals surface area (Å²) in [6.07, 6.45) is 1.84. The topological polar surface area (TPSA) is 49.9 Å². The second-order valence-electron chi connectivity index (χ2n) is 4.83. The number of fused-ring (bicyclic) bond motifs is 1. The van der Waals surface area contributed by atoms with Crippen molar-refractivity contribution in [3.63, 3.8) is 0 Å². The minimum atomic E-state index is 0.297. The first-order valence-corrected chi connectivity index (χ1v) is 5.50. The SMILES string of the molecule is CC1(CNc2ccc3[nH]ncc3c2)COC1. The van der Waals surface area contributed by atoms with Gasteiger partial charge in [0, 0.05) is 23.0 Å². The van der Waals surface area contributed by atoms with E-state index in [1.54, 1.807) is 0 Å². The predicted octanol–water partition coefficient (Wildman–Crippen LogP) is 2.01. The molecule has 0 unspecified atom stereocenters. The van der Waals surface area contributed by atoms with Crippen LogP contribution in [0.4, 0.5) is 5.69 Å². The Kier molecular flexibility index (Phi) is 2.11. The molecule has 0 bridgehead atoms. The molecule has 3 rings (SSSR count). The summed E-state index contributed by atoms with van der Waals surface area (Å²) in [5.41, 5.74) is 2.51. The van der Waals surface area contributed by atoms with Gasteiger partial charge in [0.25, 0.3) is 0 Å². The predicted molar refractivity (Wildman–Crippen MR) is 63.5 cm³/mol. The molecule has 2 aromatic rings. The van der Waals surface area contributed by atoms with Crippen LogP contribution in [0, 0.1) is 5.41 Å². The van der Waals surface area contributed by atoms with E-state index >= 15 is 0 Å². The number of ether oxygens (including phenoxy) is 1. The van der Waals surface area contributed by atoms with Crippen molar-refractivity contribution < 1.29 is 4.74 Å². The van der Waals surface area contributed by atoms with E-state index < -0.39 is 0 Å². The number of nitrogens with one attached hydrogen (secondary N) is 2. The van der Waals surface area contributed by atoms with Gasteiger partial charge in [0.2, 0.25) is 0 Å². The molecule has 0 spiro atoms. The maximum atomic E-state index is 5.23. The summed E-state index contributed by atoms with van der Waals surface area (Å²) in [7, 11) is 0. The Hall–Kier alpha value is -1.55. The molecule has 1 saturated heterocycles. The lowest BCUT2D eigenvalue weighted by molar-refractivity contribution is -0.0924.